The number of aryl methyl sites for hydroxylation is 1. The first-order valence-corrected chi connectivity index (χ1v) is 8.49. The van der Waals surface area contributed by atoms with Gasteiger partial charge in [-0.3, -0.25) is 4.79 Å². The molecule has 1 fully saturated rings. The van der Waals surface area contributed by atoms with E-state index in [4.69, 9.17) is 4.74 Å². The first-order valence-electron chi connectivity index (χ1n) is 7.69. The van der Waals surface area contributed by atoms with Crippen molar-refractivity contribution in [3.05, 3.63) is 27.7 Å². The normalized spacial score (nSPS) is 15.4. The predicted molar refractivity (Wildman–Crippen MR) is 88.9 cm³/mol. The number of carbonyl (C=O) groups excluding carboxylic acids is 1. The van der Waals surface area contributed by atoms with Gasteiger partial charge in [0.2, 0.25) is 0 Å². The molecule has 0 unspecified atom stereocenters. The summed E-state index contributed by atoms with van der Waals surface area (Å²) in [6.07, 6.45) is 3.45. The van der Waals surface area contributed by atoms with Crippen LogP contribution in [0.25, 0.3) is 0 Å². The van der Waals surface area contributed by atoms with E-state index in [1.807, 2.05) is 17.9 Å². The molecule has 1 saturated heterocycles. The zero-order valence-corrected chi connectivity index (χ0v) is 14.7. The van der Waals surface area contributed by atoms with Crippen molar-refractivity contribution < 1.29 is 9.53 Å². The van der Waals surface area contributed by atoms with Crippen LogP contribution in [-0.2, 0) is 4.79 Å². The SMILES string of the molecule is Cc1cc(OCC(=O)N2CCCCC2)c(C(C)C)cc1Br. The highest BCUT2D eigenvalue weighted by atomic mass is 79.9. The van der Waals surface area contributed by atoms with Crippen molar-refractivity contribution >= 4 is 21.8 Å². The fourth-order valence-corrected chi connectivity index (χ4v) is 2.98. The Labute approximate surface area is 135 Å². The first kappa shape index (κ1) is 16.3. The third-order valence-electron chi connectivity index (χ3n) is 3.97. The summed E-state index contributed by atoms with van der Waals surface area (Å²) in [6.45, 7) is 8.19. The molecule has 1 heterocycles. The molecule has 0 radical (unpaired) electrons. The number of rotatable bonds is 4. The number of hydrogen-bond donors (Lipinski definition) is 0. The molecule has 1 aromatic carbocycles. The Morgan fingerprint density at radius 2 is 1.95 bits per heavy atom. The van der Waals surface area contributed by atoms with Crippen molar-refractivity contribution in [3.8, 4) is 5.75 Å². The van der Waals surface area contributed by atoms with Gasteiger partial charge >= 0.3 is 0 Å². The summed E-state index contributed by atoms with van der Waals surface area (Å²) >= 11 is 3.56. The third-order valence-corrected chi connectivity index (χ3v) is 4.83. The lowest BCUT2D eigenvalue weighted by atomic mass is 10.0. The van der Waals surface area contributed by atoms with Gasteiger partial charge in [-0.1, -0.05) is 29.8 Å². The van der Waals surface area contributed by atoms with Gasteiger partial charge in [0.25, 0.3) is 5.91 Å². The topological polar surface area (TPSA) is 29.5 Å². The minimum atomic E-state index is 0.102. The van der Waals surface area contributed by atoms with E-state index >= 15 is 0 Å². The summed E-state index contributed by atoms with van der Waals surface area (Å²) in [7, 11) is 0. The maximum absolute atomic E-state index is 12.2. The molecule has 21 heavy (non-hydrogen) atoms. The minimum absolute atomic E-state index is 0.102. The molecule has 0 N–H and O–H groups in total. The highest BCUT2D eigenvalue weighted by Gasteiger charge is 2.18. The molecule has 0 aliphatic carbocycles. The number of hydrogen-bond acceptors (Lipinski definition) is 2. The van der Waals surface area contributed by atoms with Gasteiger partial charge in [0.05, 0.1) is 0 Å². The molecule has 1 amide bonds. The molecular formula is C17H24BrNO2. The van der Waals surface area contributed by atoms with Gasteiger partial charge < -0.3 is 9.64 Å². The molecule has 1 aliphatic heterocycles. The standard InChI is InChI=1S/C17H24BrNO2/c1-12(2)14-10-15(18)13(3)9-16(14)21-11-17(20)19-7-5-4-6-8-19/h9-10,12H,4-8,11H2,1-3H3. The smallest absolute Gasteiger partial charge is 0.260 e. The average Bonchev–Trinajstić information content (AvgIpc) is 2.48. The minimum Gasteiger partial charge on any atom is -0.483 e. The van der Waals surface area contributed by atoms with Crippen LogP contribution in [0.1, 0.15) is 50.2 Å². The number of ether oxygens (including phenoxy) is 1. The van der Waals surface area contributed by atoms with Crippen molar-refractivity contribution in [1.82, 2.24) is 4.90 Å². The van der Waals surface area contributed by atoms with Crippen LogP contribution in [0, 0.1) is 6.92 Å². The molecule has 116 valence electrons. The number of nitrogens with zero attached hydrogens (tertiary/aromatic N) is 1. The van der Waals surface area contributed by atoms with Gasteiger partial charge in [-0.15, -0.1) is 0 Å². The number of likely N-dealkylation sites (tertiary alicyclic amines) is 1. The Kier molecular flexibility index (Phi) is 5.68. The van der Waals surface area contributed by atoms with Crippen molar-refractivity contribution in [1.29, 1.82) is 0 Å². The van der Waals surface area contributed by atoms with Crippen LogP contribution in [0.5, 0.6) is 5.75 Å². The van der Waals surface area contributed by atoms with Gasteiger partial charge in [-0.2, -0.15) is 0 Å². The lowest BCUT2D eigenvalue weighted by Gasteiger charge is -2.27. The van der Waals surface area contributed by atoms with E-state index in [9.17, 15) is 4.79 Å². The molecule has 0 bridgehead atoms. The Morgan fingerprint density at radius 1 is 1.29 bits per heavy atom. The van der Waals surface area contributed by atoms with Crippen molar-refractivity contribution in [2.24, 2.45) is 0 Å². The second kappa shape index (κ2) is 7.30. The van der Waals surface area contributed by atoms with Crippen LogP contribution >= 0.6 is 15.9 Å². The maximum atomic E-state index is 12.2. The molecular weight excluding hydrogens is 330 g/mol. The molecule has 0 spiro atoms. The van der Waals surface area contributed by atoms with Crippen LogP contribution in [0.3, 0.4) is 0 Å². The Bertz CT molecular complexity index is 508. The summed E-state index contributed by atoms with van der Waals surface area (Å²) in [5.74, 6) is 1.29. The van der Waals surface area contributed by atoms with Crippen LogP contribution in [0.4, 0.5) is 0 Å². The van der Waals surface area contributed by atoms with Crippen molar-refractivity contribution in [2.45, 2.75) is 46.0 Å². The molecule has 4 heteroatoms. The zero-order valence-electron chi connectivity index (χ0n) is 13.1. The van der Waals surface area contributed by atoms with E-state index in [0.29, 0.717) is 5.92 Å². The predicted octanol–water partition coefficient (Wildman–Crippen LogP) is 4.27. The zero-order chi connectivity index (χ0) is 15.4. The number of carbonyl (C=O) groups is 1. The van der Waals surface area contributed by atoms with E-state index in [0.717, 1.165) is 47.3 Å². The Balaban J connectivity index is 2.05. The Hall–Kier alpha value is -1.03. The summed E-state index contributed by atoms with van der Waals surface area (Å²) in [5, 5.41) is 0. The lowest BCUT2D eigenvalue weighted by Crippen LogP contribution is -2.38. The highest BCUT2D eigenvalue weighted by molar-refractivity contribution is 9.10. The molecule has 0 saturated carbocycles. The van der Waals surface area contributed by atoms with Crippen LogP contribution < -0.4 is 4.74 Å². The van der Waals surface area contributed by atoms with E-state index in [2.05, 4.69) is 35.8 Å². The molecule has 2 rings (SSSR count). The van der Waals surface area contributed by atoms with Gasteiger partial charge in [-0.05, 0) is 55.4 Å². The second-order valence-electron chi connectivity index (χ2n) is 6.02. The number of piperidine rings is 1. The van der Waals surface area contributed by atoms with Crippen molar-refractivity contribution in [2.75, 3.05) is 19.7 Å². The monoisotopic (exact) mass is 353 g/mol. The van der Waals surface area contributed by atoms with Crippen LogP contribution in [-0.4, -0.2) is 30.5 Å². The summed E-state index contributed by atoms with van der Waals surface area (Å²) in [4.78, 5) is 14.1. The fourth-order valence-electron chi connectivity index (χ4n) is 2.62. The summed E-state index contributed by atoms with van der Waals surface area (Å²) < 4.78 is 6.92. The molecule has 1 aliphatic rings. The molecule has 0 atom stereocenters. The number of amides is 1. The van der Waals surface area contributed by atoms with Crippen LogP contribution in [0.2, 0.25) is 0 Å². The average molecular weight is 354 g/mol. The number of halogens is 1. The molecule has 0 aromatic heterocycles. The fraction of sp³-hybridized carbons (Fsp3) is 0.588. The van der Waals surface area contributed by atoms with Gasteiger partial charge in [0.15, 0.2) is 6.61 Å². The molecule has 3 nitrogen and oxygen atoms in total. The molecule has 1 aromatic rings. The van der Waals surface area contributed by atoms with Gasteiger partial charge in [0.1, 0.15) is 5.75 Å². The van der Waals surface area contributed by atoms with E-state index in [1.165, 1.54) is 6.42 Å². The Morgan fingerprint density at radius 3 is 2.57 bits per heavy atom. The van der Waals surface area contributed by atoms with E-state index in [1.54, 1.807) is 0 Å². The largest absolute Gasteiger partial charge is 0.483 e. The highest BCUT2D eigenvalue weighted by Crippen LogP contribution is 2.32. The van der Waals surface area contributed by atoms with E-state index in [-0.39, 0.29) is 12.5 Å². The third kappa shape index (κ3) is 4.22. The van der Waals surface area contributed by atoms with Gasteiger partial charge in [0, 0.05) is 17.6 Å². The summed E-state index contributed by atoms with van der Waals surface area (Å²) in [5.41, 5.74) is 2.26. The first-order chi connectivity index (χ1) is 9.99. The van der Waals surface area contributed by atoms with Crippen LogP contribution in [0.15, 0.2) is 16.6 Å². The van der Waals surface area contributed by atoms with Crippen molar-refractivity contribution in [3.63, 3.8) is 0 Å². The summed E-state index contributed by atoms with van der Waals surface area (Å²) in [6, 6.07) is 4.11. The number of benzene rings is 1. The lowest BCUT2D eigenvalue weighted by molar-refractivity contribution is -0.134. The quantitative estimate of drug-likeness (QED) is 0.808. The maximum Gasteiger partial charge on any atom is 0.260 e. The second-order valence-corrected chi connectivity index (χ2v) is 6.88. The van der Waals surface area contributed by atoms with Gasteiger partial charge in [-0.25, -0.2) is 0 Å². The van der Waals surface area contributed by atoms with E-state index < -0.39 is 0 Å².